The summed E-state index contributed by atoms with van der Waals surface area (Å²) in [7, 11) is 1.69. The molecule has 0 spiro atoms. The van der Waals surface area contributed by atoms with Gasteiger partial charge in [-0.3, -0.25) is 9.53 Å². The molecule has 0 radical (unpaired) electrons. The second-order valence-corrected chi connectivity index (χ2v) is 4.44. The molecule has 106 valence electrons. The predicted octanol–water partition coefficient (Wildman–Crippen LogP) is 1.56. The number of imidazole rings is 1. The number of piperidine rings is 1. The second-order valence-electron chi connectivity index (χ2n) is 4.44. The van der Waals surface area contributed by atoms with E-state index in [0.29, 0.717) is 5.69 Å². The highest BCUT2D eigenvalue weighted by atomic mass is 19.4. The van der Waals surface area contributed by atoms with E-state index in [0.717, 1.165) is 0 Å². The second kappa shape index (κ2) is 5.20. The van der Waals surface area contributed by atoms with Gasteiger partial charge in [0, 0.05) is 20.1 Å². The van der Waals surface area contributed by atoms with Crippen LogP contribution >= 0.6 is 0 Å². The van der Waals surface area contributed by atoms with Gasteiger partial charge in [0.2, 0.25) is 0 Å². The van der Waals surface area contributed by atoms with Crippen LogP contribution in [0.15, 0.2) is 12.5 Å². The fourth-order valence-corrected chi connectivity index (χ4v) is 2.09. The van der Waals surface area contributed by atoms with Crippen LogP contribution in [0.5, 0.6) is 0 Å². The first kappa shape index (κ1) is 13.9. The Morgan fingerprint density at radius 3 is 2.53 bits per heavy atom. The van der Waals surface area contributed by atoms with Gasteiger partial charge >= 0.3 is 6.36 Å². The molecule has 1 fully saturated rings. The highest BCUT2D eigenvalue weighted by Crippen LogP contribution is 2.24. The maximum Gasteiger partial charge on any atom is 0.522 e. The maximum absolute atomic E-state index is 12.1. The molecule has 0 bridgehead atoms. The van der Waals surface area contributed by atoms with Gasteiger partial charge in [0.1, 0.15) is 5.69 Å². The van der Waals surface area contributed by atoms with E-state index in [4.69, 9.17) is 0 Å². The molecule has 1 amide bonds. The van der Waals surface area contributed by atoms with Gasteiger partial charge in [-0.05, 0) is 12.8 Å². The maximum atomic E-state index is 12.1. The molecular formula is C11H14F3N3O2. The molecule has 1 saturated heterocycles. The number of hydrogen-bond acceptors (Lipinski definition) is 3. The van der Waals surface area contributed by atoms with Crippen LogP contribution in [0.3, 0.4) is 0 Å². The standard InChI is InChI=1S/C11H14F3N3O2/c1-16-7-15-6-9(16)10(18)17-4-2-8(3-5-17)19-11(12,13)14/h6-8H,2-5H2,1H3. The summed E-state index contributed by atoms with van der Waals surface area (Å²) >= 11 is 0. The van der Waals surface area contributed by atoms with Crippen molar-refractivity contribution < 1.29 is 22.7 Å². The number of alkyl halides is 3. The Morgan fingerprint density at radius 2 is 2.05 bits per heavy atom. The number of halogens is 3. The van der Waals surface area contributed by atoms with Crippen molar-refractivity contribution in [1.82, 2.24) is 14.5 Å². The van der Waals surface area contributed by atoms with Crippen molar-refractivity contribution in [2.75, 3.05) is 13.1 Å². The number of hydrogen-bond donors (Lipinski definition) is 0. The molecule has 1 aliphatic heterocycles. The summed E-state index contributed by atoms with van der Waals surface area (Å²) in [4.78, 5) is 17.4. The number of carbonyl (C=O) groups is 1. The summed E-state index contributed by atoms with van der Waals surface area (Å²) in [6.07, 6.45) is -2.16. The molecule has 5 nitrogen and oxygen atoms in total. The Morgan fingerprint density at radius 1 is 1.42 bits per heavy atom. The van der Waals surface area contributed by atoms with Gasteiger partial charge in [-0.15, -0.1) is 13.2 Å². The topological polar surface area (TPSA) is 47.4 Å². The molecule has 1 aromatic heterocycles. The van der Waals surface area contributed by atoms with Gasteiger partial charge in [0.05, 0.1) is 18.6 Å². The third-order valence-corrected chi connectivity index (χ3v) is 3.07. The van der Waals surface area contributed by atoms with Crippen LogP contribution in [0.4, 0.5) is 13.2 Å². The van der Waals surface area contributed by atoms with Crippen LogP contribution in [0, 0.1) is 0 Å². The number of amides is 1. The van der Waals surface area contributed by atoms with Crippen molar-refractivity contribution in [3.63, 3.8) is 0 Å². The molecule has 1 aromatic rings. The van der Waals surface area contributed by atoms with Crippen molar-refractivity contribution in [3.05, 3.63) is 18.2 Å². The number of nitrogens with zero attached hydrogens (tertiary/aromatic N) is 3. The van der Waals surface area contributed by atoms with Gasteiger partial charge < -0.3 is 9.47 Å². The van der Waals surface area contributed by atoms with E-state index in [1.165, 1.54) is 17.4 Å². The number of carbonyl (C=O) groups excluding carboxylic acids is 1. The summed E-state index contributed by atoms with van der Waals surface area (Å²) in [6, 6.07) is 0. The van der Waals surface area contributed by atoms with Gasteiger partial charge in [-0.2, -0.15) is 0 Å². The zero-order chi connectivity index (χ0) is 14.0. The minimum absolute atomic E-state index is 0.184. The zero-order valence-electron chi connectivity index (χ0n) is 10.4. The molecule has 0 aromatic carbocycles. The number of rotatable bonds is 2. The van der Waals surface area contributed by atoms with E-state index in [1.54, 1.807) is 11.6 Å². The minimum Gasteiger partial charge on any atom is -0.337 e. The first-order chi connectivity index (χ1) is 8.87. The Kier molecular flexibility index (Phi) is 3.79. The fourth-order valence-electron chi connectivity index (χ4n) is 2.09. The smallest absolute Gasteiger partial charge is 0.337 e. The summed E-state index contributed by atoms with van der Waals surface area (Å²) < 4.78 is 41.7. The van der Waals surface area contributed by atoms with Crippen LogP contribution < -0.4 is 0 Å². The lowest BCUT2D eigenvalue weighted by molar-refractivity contribution is -0.345. The molecule has 0 unspecified atom stereocenters. The monoisotopic (exact) mass is 277 g/mol. The summed E-state index contributed by atoms with van der Waals surface area (Å²) in [5, 5.41) is 0. The van der Waals surface area contributed by atoms with Gasteiger partial charge in [-0.1, -0.05) is 0 Å². The summed E-state index contributed by atoms with van der Waals surface area (Å²) in [6.45, 7) is 0.509. The van der Waals surface area contributed by atoms with E-state index in [1.807, 2.05) is 0 Å². The van der Waals surface area contributed by atoms with Crippen molar-refractivity contribution in [3.8, 4) is 0 Å². The molecule has 0 atom stereocenters. The van der Waals surface area contributed by atoms with Crippen molar-refractivity contribution >= 4 is 5.91 Å². The number of aryl methyl sites for hydroxylation is 1. The SMILES string of the molecule is Cn1cncc1C(=O)N1CCC(OC(F)(F)F)CC1. The van der Waals surface area contributed by atoms with Crippen LogP contribution in [0.2, 0.25) is 0 Å². The predicted molar refractivity (Wildman–Crippen MR) is 59.3 cm³/mol. The van der Waals surface area contributed by atoms with Crippen molar-refractivity contribution in [2.24, 2.45) is 7.05 Å². The van der Waals surface area contributed by atoms with Crippen LogP contribution in [-0.4, -0.2) is 45.9 Å². The Bertz CT molecular complexity index is 450. The Balaban J connectivity index is 1.90. The molecule has 0 aliphatic carbocycles. The van der Waals surface area contributed by atoms with Crippen LogP contribution in [0.25, 0.3) is 0 Å². The van der Waals surface area contributed by atoms with Gasteiger partial charge in [0.25, 0.3) is 5.91 Å². The summed E-state index contributed by atoms with van der Waals surface area (Å²) in [5.74, 6) is -0.217. The molecule has 8 heteroatoms. The normalized spacial score (nSPS) is 17.8. The highest BCUT2D eigenvalue weighted by Gasteiger charge is 2.35. The van der Waals surface area contributed by atoms with Crippen molar-refractivity contribution in [1.29, 1.82) is 0 Å². The van der Waals surface area contributed by atoms with E-state index < -0.39 is 12.5 Å². The van der Waals surface area contributed by atoms with Crippen LogP contribution in [-0.2, 0) is 11.8 Å². The fraction of sp³-hybridized carbons (Fsp3) is 0.636. The lowest BCUT2D eigenvalue weighted by Gasteiger charge is -2.32. The molecule has 1 aliphatic rings. The third kappa shape index (κ3) is 3.46. The van der Waals surface area contributed by atoms with Gasteiger partial charge in [-0.25, -0.2) is 4.98 Å². The van der Waals surface area contributed by atoms with E-state index in [9.17, 15) is 18.0 Å². The van der Waals surface area contributed by atoms with Crippen molar-refractivity contribution in [2.45, 2.75) is 25.3 Å². The number of aromatic nitrogens is 2. The molecule has 2 heterocycles. The molecular weight excluding hydrogens is 263 g/mol. The lowest BCUT2D eigenvalue weighted by atomic mass is 10.1. The Hall–Kier alpha value is -1.57. The van der Waals surface area contributed by atoms with Gasteiger partial charge in [0.15, 0.2) is 0 Å². The number of ether oxygens (including phenoxy) is 1. The van der Waals surface area contributed by atoms with E-state index >= 15 is 0 Å². The summed E-state index contributed by atoms with van der Waals surface area (Å²) in [5.41, 5.74) is 0.426. The Labute approximate surface area is 108 Å². The zero-order valence-corrected chi connectivity index (χ0v) is 10.4. The quantitative estimate of drug-likeness (QED) is 0.824. The minimum atomic E-state index is -4.61. The van der Waals surface area contributed by atoms with Crippen LogP contribution in [0.1, 0.15) is 23.3 Å². The molecule has 19 heavy (non-hydrogen) atoms. The molecule has 2 rings (SSSR count). The first-order valence-electron chi connectivity index (χ1n) is 5.87. The average molecular weight is 277 g/mol. The lowest BCUT2D eigenvalue weighted by Crippen LogP contribution is -2.42. The number of likely N-dealkylation sites (tertiary alicyclic amines) is 1. The molecule has 0 N–H and O–H groups in total. The molecule has 0 saturated carbocycles. The largest absolute Gasteiger partial charge is 0.522 e. The third-order valence-electron chi connectivity index (χ3n) is 3.07. The highest BCUT2D eigenvalue weighted by molar-refractivity contribution is 5.92. The van der Waals surface area contributed by atoms with E-state index in [2.05, 4.69) is 9.72 Å². The first-order valence-corrected chi connectivity index (χ1v) is 5.87. The van der Waals surface area contributed by atoms with E-state index in [-0.39, 0.29) is 31.8 Å². The average Bonchev–Trinajstić information content (AvgIpc) is 2.73.